The summed E-state index contributed by atoms with van der Waals surface area (Å²) in [5, 5.41) is 9.53. The molecule has 0 aromatic heterocycles. The van der Waals surface area contributed by atoms with Gasteiger partial charge in [0.25, 0.3) is 0 Å². The molecule has 236 valence electrons. The highest BCUT2D eigenvalue weighted by Gasteiger charge is 2.38. The number of anilines is 1. The van der Waals surface area contributed by atoms with Crippen molar-refractivity contribution in [3.8, 4) is 11.5 Å². The molecule has 1 fully saturated rings. The molecule has 44 heavy (non-hydrogen) atoms. The number of carboxylic acids is 1. The summed E-state index contributed by atoms with van der Waals surface area (Å²) in [6, 6.07) is 23.2. The second-order valence-corrected chi connectivity index (χ2v) is 12.7. The second-order valence-electron chi connectivity index (χ2n) is 11.5. The van der Waals surface area contributed by atoms with E-state index in [1.165, 1.54) is 11.1 Å². The number of fused-ring (bicyclic) bond motifs is 1. The van der Waals surface area contributed by atoms with Crippen LogP contribution in [0, 0.1) is 6.92 Å². The molecule has 0 bridgehead atoms. The van der Waals surface area contributed by atoms with Gasteiger partial charge < -0.3 is 29.0 Å². The Labute approximate surface area is 265 Å². The van der Waals surface area contributed by atoms with Crippen LogP contribution in [0.15, 0.2) is 71.6 Å². The van der Waals surface area contributed by atoms with Crippen LogP contribution >= 0.6 is 11.9 Å². The number of aliphatic carboxylic acids is 1. The predicted octanol–water partition coefficient (Wildman–Crippen LogP) is 6.55. The van der Waals surface area contributed by atoms with E-state index in [9.17, 15) is 9.90 Å². The molecule has 0 aliphatic carbocycles. The van der Waals surface area contributed by atoms with Gasteiger partial charge in [0.1, 0.15) is 18.1 Å². The van der Waals surface area contributed by atoms with Gasteiger partial charge in [-0.1, -0.05) is 35.9 Å². The molecule has 3 aromatic rings. The zero-order valence-electron chi connectivity index (χ0n) is 25.9. The smallest absolute Gasteiger partial charge is 0.303 e. The maximum absolute atomic E-state index is 11.6. The average molecular weight is 621 g/mol. The van der Waals surface area contributed by atoms with E-state index in [1.54, 1.807) is 26.2 Å². The van der Waals surface area contributed by atoms with Gasteiger partial charge in [-0.05, 0) is 85.7 Å². The SMILES string of the molecule is COCCCN1CCOc2ccc(CO[C@H]3CN(Sc4ccc(C)cc4)[C@@H](CCC(=O)O)C[C@@H]3c3ccc(OC)cc3)cc21. The van der Waals surface area contributed by atoms with E-state index in [0.29, 0.717) is 26.2 Å². The van der Waals surface area contributed by atoms with Gasteiger partial charge in [-0.3, -0.25) is 4.79 Å². The number of hydrogen-bond acceptors (Lipinski definition) is 8. The maximum Gasteiger partial charge on any atom is 0.303 e. The number of rotatable bonds is 14. The van der Waals surface area contributed by atoms with Crippen molar-refractivity contribution in [3.63, 3.8) is 0 Å². The molecule has 0 radical (unpaired) electrons. The average Bonchev–Trinajstić information content (AvgIpc) is 3.04. The van der Waals surface area contributed by atoms with E-state index in [2.05, 4.69) is 70.7 Å². The van der Waals surface area contributed by atoms with Crippen LogP contribution in [-0.4, -0.2) is 74.6 Å². The molecule has 9 heteroatoms. The van der Waals surface area contributed by atoms with Crippen molar-refractivity contribution in [1.82, 2.24) is 4.31 Å². The molecule has 5 rings (SSSR count). The number of hydrogen-bond donors (Lipinski definition) is 1. The van der Waals surface area contributed by atoms with Crippen LogP contribution in [0.2, 0.25) is 0 Å². The molecular weight excluding hydrogens is 576 g/mol. The maximum atomic E-state index is 11.6. The van der Waals surface area contributed by atoms with Gasteiger partial charge in [-0.2, -0.15) is 0 Å². The molecule has 0 amide bonds. The van der Waals surface area contributed by atoms with Crippen molar-refractivity contribution < 1.29 is 28.8 Å². The Bertz CT molecular complexity index is 1350. The summed E-state index contributed by atoms with van der Waals surface area (Å²) >= 11 is 1.70. The fourth-order valence-electron chi connectivity index (χ4n) is 6.03. The lowest BCUT2D eigenvalue weighted by Gasteiger charge is -2.43. The second kappa shape index (κ2) is 15.7. The van der Waals surface area contributed by atoms with Crippen LogP contribution in [0.25, 0.3) is 0 Å². The Morgan fingerprint density at radius 1 is 1.07 bits per heavy atom. The van der Waals surface area contributed by atoms with Gasteiger partial charge >= 0.3 is 5.97 Å². The number of methoxy groups -OCH3 is 2. The summed E-state index contributed by atoms with van der Waals surface area (Å²) in [6.45, 7) is 6.41. The van der Waals surface area contributed by atoms with Crippen LogP contribution in [0.1, 0.15) is 48.3 Å². The molecule has 3 aromatic carbocycles. The quantitative estimate of drug-likeness (QED) is 0.159. The van der Waals surface area contributed by atoms with Crippen molar-refractivity contribution in [2.75, 3.05) is 52.0 Å². The molecule has 0 spiro atoms. The Balaban J connectivity index is 1.38. The van der Waals surface area contributed by atoms with Gasteiger partial charge in [0, 0.05) is 50.1 Å². The van der Waals surface area contributed by atoms with E-state index in [1.807, 2.05) is 12.1 Å². The number of aryl methyl sites for hydroxylation is 1. The Morgan fingerprint density at radius 2 is 1.86 bits per heavy atom. The van der Waals surface area contributed by atoms with Crippen LogP contribution in [0.5, 0.6) is 11.5 Å². The molecule has 3 atom stereocenters. The molecule has 2 heterocycles. The normalized spacial score (nSPS) is 20.2. The largest absolute Gasteiger partial charge is 0.497 e. The Morgan fingerprint density at radius 3 is 2.59 bits per heavy atom. The Kier molecular flexibility index (Phi) is 11.4. The lowest BCUT2D eigenvalue weighted by Crippen LogP contribution is -2.47. The lowest BCUT2D eigenvalue weighted by molar-refractivity contribution is -0.137. The number of carbonyl (C=O) groups is 1. The molecule has 0 unspecified atom stereocenters. The highest BCUT2D eigenvalue weighted by atomic mass is 32.2. The number of ether oxygens (including phenoxy) is 4. The van der Waals surface area contributed by atoms with E-state index < -0.39 is 5.97 Å². The van der Waals surface area contributed by atoms with Crippen LogP contribution in [-0.2, 0) is 20.9 Å². The van der Waals surface area contributed by atoms with Gasteiger partial charge in [0.15, 0.2) is 0 Å². The van der Waals surface area contributed by atoms with Crippen molar-refractivity contribution >= 4 is 23.6 Å². The first-order valence-corrected chi connectivity index (χ1v) is 16.2. The number of benzene rings is 3. The summed E-state index contributed by atoms with van der Waals surface area (Å²) < 4.78 is 25.8. The third kappa shape index (κ3) is 8.47. The monoisotopic (exact) mass is 620 g/mol. The minimum atomic E-state index is -0.766. The number of piperidine rings is 1. The number of carboxylic acid groups (broad SMARTS) is 1. The van der Waals surface area contributed by atoms with Crippen LogP contribution < -0.4 is 14.4 Å². The molecule has 2 aliphatic heterocycles. The standard InChI is InChI=1S/C35H44N2O6S/c1-25-5-13-30(14-6-25)44-37-23-34(31(22-28(37)10-16-35(38)39)27-8-11-29(41-3)12-9-27)43-24-26-7-15-33-32(21-26)36(18-20-42-33)17-4-19-40-2/h5-9,11-15,21,28,31,34H,4,10,16-20,22-24H2,1-3H3,(H,38,39)/t28-,31+,34-/m0/s1. The van der Waals surface area contributed by atoms with Crippen molar-refractivity contribution in [3.05, 3.63) is 83.4 Å². The van der Waals surface area contributed by atoms with Crippen LogP contribution in [0.4, 0.5) is 5.69 Å². The molecule has 0 saturated carbocycles. The van der Waals surface area contributed by atoms with Gasteiger partial charge in [-0.25, -0.2) is 4.31 Å². The molecule has 8 nitrogen and oxygen atoms in total. The van der Waals surface area contributed by atoms with E-state index in [0.717, 1.165) is 60.2 Å². The van der Waals surface area contributed by atoms with Crippen LogP contribution in [0.3, 0.4) is 0 Å². The number of nitrogens with zero attached hydrogens (tertiary/aromatic N) is 2. The fourth-order valence-corrected chi connectivity index (χ4v) is 7.12. The predicted molar refractivity (Wildman–Crippen MR) is 174 cm³/mol. The van der Waals surface area contributed by atoms with Gasteiger partial charge in [-0.15, -0.1) is 0 Å². The van der Waals surface area contributed by atoms with Crippen molar-refractivity contribution in [2.24, 2.45) is 0 Å². The summed E-state index contributed by atoms with van der Waals surface area (Å²) in [4.78, 5) is 15.1. The van der Waals surface area contributed by atoms with Gasteiger partial charge in [0.2, 0.25) is 0 Å². The van der Waals surface area contributed by atoms with E-state index in [4.69, 9.17) is 18.9 Å². The fraction of sp³-hybridized carbons (Fsp3) is 0.457. The molecule has 1 saturated heterocycles. The third-order valence-electron chi connectivity index (χ3n) is 8.44. The van der Waals surface area contributed by atoms with Crippen molar-refractivity contribution in [2.45, 2.75) is 62.2 Å². The minimum Gasteiger partial charge on any atom is -0.497 e. The minimum absolute atomic E-state index is 0.0888. The highest BCUT2D eigenvalue weighted by Crippen LogP contribution is 2.41. The summed E-state index contributed by atoms with van der Waals surface area (Å²) in [5.41, 5.74) is 4.60. The van der Waals surface area contributed by atoms with Crippen molar-refractivity contribution in [1.29, 1.82) is 0 Å². The summed E-state index contributed by atoms with van der Waals surface area (Å²) in [6.07, 6.45) is 2.38. The van der Waals surface area contributed by atoms with Gasteiger partial charge in [0.05, 0.1) is 32.1 Å². The zero-order chi connectivity index (χ0) is 30.9. The van der Waals surface area contributed by atoms with E-state index >= 15 is 0 Å². The summed E-state index contributed by atoms with van der Waals surface area (Å²) in [7, 11) is 3.41. The molecule has 2 aliphatic rings. The topological polar surface area (TPSA) is 80.7 Å². The summed E-state index contributed by atoms with van der Waals surface area (Å²) in [5.74, 6) is 1.07. The third-order valence-corrected chi connectivity index (χ3v) is 9.61. The molecular formula is C35H44N2O6S. The first kappa shape index (κ1) is 32.2. The first-order valence-electron chi connectivity index (χ1n) is 15.4. The lowest BCUT2D eigenvalue weighted by atomic mass is 9.83. The van der Waals surface area contributed by atoms with E-state index in [-0.39, 0.29) is 24.5 Å². The Hall–Kier alpha value is -3.24. The zero-order valence-corrected chi connectivity index (χ0v) is 26.8. The first-order chi connectivity index (χ1) is 21.4. The molecule has 1 N–H and O–H groups in total. The highest BCUT2D eigenvalue weighted by molar-refractivity contribution is 7.97.